The first-order chi connectivity index (χ1) is 6.90. The van der Waals surface area contributed by atoms with Crippen molar-refractivity contribution in [2.24, 2.45) is 0 Å². The van der Waals surface area contributed by atoms with E-state index in [9.17, 15) is 4.79 Å². The third kappa shape index (κ3) is 4.33. The summed E-state index contributed by atoms with van der Waals surface area (Å²) < 4.78 is 0. The van der Waals surface area contributed by atoms with Crippen molar-refractivity contribution >= 4 is 28.7 Å². The SMILES string of the molecule is CC(C)(C)NCCC(=O)c1sccc1Cl. The van der Waals surface area contributed by atoms with E-state index >= 15 is 0 Å². The first-order valence-corrected chi connectivity index (χ1v) is 6.17. The van der Waals surface area contributed by atoms with Gasteiger partial charge in [0.1, 0.15) is 0 Å². The van der Waals surface area contributed by atoms with Gasteiger partial charge in [-0.25, -0.2) is 0 Å². The number of halogens is 1. The number of rotatable bonds is 4. The van der Waals surface area contributed by atoms with Crippen molar-refractivity contribution in [3.05, 3.63) is 21.3 Å². The van der Waals surface area contributed by atoms with Crippen molar-refractivity contribution in [3.8, 4) is 0 Å². The van der Waals surface area contributed by atoms with E-state index in [-0.39, 0.29) is 11.3 Å². The molecule has 2 nitrogen and oxygen atoms in total. The van der Waals surface area contributed by atoms with Gasteiger partial charge in [-0.2, -0.15) is 0 Å². The maximum Gasteiger partial charge on any atom is 0.175 e. The van der Waals surface area contributed by atoms with Crippen LogP contribution >= 0.6 is 22.9 Å². The van der Waals surface area contributed by atoms with Crippen LogP contribution in [0.1, 0.15) is 36.9 Å². The van der Waals surface area contributed by atoms with E-state index in [0.717, 1.165) is 0 Å². The van der Waals surface area contributed by atoms with Crippen LogP contribution in [0.25, 0.3) is 0 Å². The summed E-state index contributed by atoms with van der Waals surface area (Å²) in [6, 6.07) is 1.76. The van der Waals surface area contributed by atoms with Crippen LogP contribution in [0.15, 0.2) is 11.4 Å². The highest BCUT2D eigenvalue weighted by molar-refractivity contribution is 7.12. The van der Waals surface area contributed by atoms with Crippen molar-refractivity contribution in [1.29, 1.82) is 0 Å². The van der Waals surface area contributed by atoms with E-state index in [1.54, 1.807) is 6.07 Å². The molecule has 0 spiro atoms. The minimum atomic E-state index is 0.0551. The molecule has 0 aromatic carbocycles. The van der Waals surface area contributed by atoms with E-state index < -0.39 is 0 Å². The topological polar surface area (TPSA) is 29.1 Å². The third-order valence-electron chi connectivity index (χ3n) is 1.88. The molecule has 0 bridgehead atoms. The molecule has 0 aliphatic rings. The van der Waals surface area contributed by atoms with Crippen LogP contribution in [-0.2, 0) is 0 Å². The highest BCUT2D eigenvalue weighted by atomic mass is 35.5. The summed E-state index contributed by atoms with van der Waals surface area (Å²) in [6.07, 6.45) is 0.498. The van der Waals surface area contributed by atoms with Crippen LogP contribution in [0.4, 0.5) is 0 Å². The molecule has 0 radical (unpaired) electrons. The first-order valence-electron chi connectivity index (χ1n) is 4.91. The molecule has 0 aliphatic heterocycles. The zero-order valence-electron chi connectivity index (χ0n) is 9.26. The van der Waals surface area contributed by atoms with Gasteiger partial charge in [0.05, 0.1) is 9.90 Å². The maximum absolute atomic E-state index is 11.7. The Kier molecular flexibility index (Phi) is 4.32. The number of thiophene rings is 1. The van der Waals surface area contributed by atoms with Gasteiger partial charge in [0.2, 0.25) is 0 Å². The summed E-state index contributed by atoms with van der Waals surface area (Å²) >= 11 is 7.28. The van der Waals surface area contributed by atoms with Gasteiger partial charge >= 0.3 is 0 Å². The summed E-state index contributed by atoms with van der Waals surface area (Å²) in [5.41, 5.74) is 0.0551. The molecule has 1 heterocycles. The number of nitrogens with one attached hydrogen (secondary N) is 1. The summed E-state index contributed by atoms with van der Waals surface area (Å²) in [6.45, 7) is 6.93. The molecule has 0 unspecified atom stereocenters. The Bertz CT molecular complexity index is 341. The number of carbonyl (C=O) groups is 1. The van der Waals surface area contributed by atoms with E-state index in [0.29, 0.717) is 22.9 Å². The highest BCUT2D eigenvalue weighted by Gasteiger charge is 2.13. The lowest BCUT2D eigenvalue weighted by Crippen LogP contribution is -2.37. The minimum Gasteiger partial charge on any atom is -0.312 e. The molecule has 0 aliphatic carbocycles. The van der Waals surface area contributed by atoms with Gasteiger partial charge in [0.25, 0.3) is 0 Å². The number of carbonyl (C=O) groups excluding carboxylic acids is 1. The van der Waals surface area contributed by atoms with Crippen LogP contribution in [0.3, 0.4) is 0 Å². The van der Waals surface area contributed by atoms with Crippen molar-refractivity contribution in [2.75, 3.05) is 6.54 Å². The Balaban J connectivity index is 2.41. The molecule has 4 heteroatoms. The lowest BCUT2D eigenvalue weighted by Gasteiger charge is -2.19. The quantitative estimate of drug-likeness (QED) is 0.825. The zero-order valence-corrected chi connectivity index (χ0v) is 10.8. The zero-order chi connectivity index (χ0) is 11.5. The molecule has 0 fully saturated rings. The predicted molar refractivity (Wildman–Crippen MR) is 66.0 cm³/mol. The van der Waals surface area contributed by atoms with Gasteiger partial charge in [-0.3, -0.25) is 4.79 Å². The van der Waals surface area contributed by atoms with E-state index in [2.05, 4.69) is 26.1 Å². The van der Waals surface area contributed by atoms with Crippen LogP contribution in [0.5, 0.6) is 0 Å². The average Bonchev–Trinajstić information content (AvgIpc) is 2.48. The molecule has 0 atom stereocenters. The molecule has 0 saturated heterocycles. The van der Waals surface area contributed by atoms with Crippen LogP contribution in [0, 0.1) is 0 Å². The van der Waals surface area contributed by atoms with Gasteiger partial charge in [-0.1, -0.05) is 11.6 Å². The van der Waals surface area contributed by atoms with Crippen molar-refractivity contribution in [3.63, 3.8) is 0 Å². The lowest BCUT2D eigenvalue weighted by molar-refractivity contribution is 0.0984. The summed E-state index contributed by atoms with van der Waals surface area (Å²) in [7, 11) is 0. The van der Waals surface area contributed by atoms with E-state index in [1.807, 2.05) is 5.38 Å². The summed E-state index contributed by atoms with van der Waals surface area (Å²) in [5, 5.41) is 5.69. The second-order valence-electron chi connectivity index (χ2n) is 4.45. The van der Waals surface area contributed by atoms with Crippen LogP contribution in [0.2, 0.25) is 5.02 Å². The van der Waals surface area contributed by atoms with Crippen LogP contribution in [-0.4, -0.2) is 17.9 Å². The second-order valence-corrected chi connectivity index (χ2v) is 5.77. The van der Waals surface area contributed by atoms with Crippen molar-refractivity contribution in [2.45, 2.75) is 32.7 Å². The van der Waals surface area contributed by atoms with Gasteiger partial charge < -0.3 is 5.32 Å². The fourth-order valence-corrected chi connectivity index (χ4v) is 2.29. The second kappa shape index (κ2) is 5.10. The summed E-state index contributed by atoms with van der Waals surface area (Å²) in [4.78, 5) is 12.4. The Hall–Kier alpha value is -0.380. The normalized spacial score (nSPS) is 11.7. The molecule has 0 saturated carbocycles. The van der Waals surface area contributed by atoms with E-state index in [4.69, 9.17) is 11.6 Å². The minimum absolute atomic E-state index is 0.0551. The highest BCUT2D eigenvalue weighted by Crippen LogP contribution is 2.23. The predicted octanol–water partition coefficient (Wildman–Crippen LogP) is 3.36. The maximum atomic E-state index is 11.7. The smallest absolute Gasteiger partial charge is 0.175 e. The average molecular weight is 246 g/mol. The molecule has 1 rings (SSSR count). The van der Waals surface area contributed by atoms with Crippen molar-refractivity contribution in [1.82, 2.24) is 5.32 Å². The Morgan fingerprint density at radius 2 is 2.20 bits per heavy atom. The first kappa shape index (κ1) is 12.7. The van der Waals surface area contributed by atoms with Crippen LogP contribution < -0.4 is 5.32 Å². The van der Waals surface area contributed by atoms with Crippen molar-refractivity contribution < 1.29 is 4.79 Å². The molecule has 0 amide bonds. The van der Waals surface area contributed by atoms with Gasteiger partial charge in [-0.15, -0.1) is 11.3 Å². The largest absolute Gasteiger partial charge is 0.312 e. The monoisotopic (exact) mass is 245 g/mol. The number of hydrogen-bond acceptors (Lipinski definition) is 3. The molecule has 1 N–H and O–H groups in total. The summed E-state index contributed by atoms with van der Waals surface area (Å²) in [5.74, 6) is 0.117. The number of ketones is 1. The number of Topliss-reactive ketones (excluding diaryl/α,β-unsaturated/α-hetero) is 1. The molecule has 1 aromatic heterocycles. The van der Waals surface area contributed by atoms with Gasteiger partial charge in [0, 0.05) is 18.5 Å². The van der Waals surface area contributed by atoms with Gasteiger partial charge in [-0.05, 0) is 32.2 Å². The number of hydrogen-bond donors (Lipinski definition) is 1. The Morgan fingerprint density at radius 1 is 1.53 bits per heavy atom. The lowest BCUT2D eigenvalue weighted by atomic mass is 10.1. The Morgan fingerprint density at radius 3 is 2.67 bits per heavy atom. The molecular formula is C11H16ClNOS. The fraction of sp³-hybridized carbons (Fsp3) is 0.545. The molecular weight excluding hydrogens is 230 g/mol. The molecule has 15 heavy (non-hydrogen) atoms. The fourth-order valence-electron chi connectivity index (χ4n) is 1.16. The van der Waals surface area contributed by atoms with Gasteiger partial charge in [0.15, 0.2) is 5.78 Å². The molecule has 84 valence electrons. The van der Waals surface area contributed by atoms with E-state index in [1.165, 1.54) is 11.3 Å². The standard InChI is InChI=1S/C11H16ClNOS/c1-11(2,3)13-6-4-9(14)10-8(12)5-7-15-10/h5,7,13H,4,6H2,1-3H3. The third-order valence-corrected chi connectivity index (χ3v) is 3.26. The molecule has 1 aromatic rings. The Labute approximate surface area is 99.6 Å².